The quantitative estimate of drug-likeness (QED) is 0.342. The van der Waals surface area contributed by atoms with E-state index in [4.69, 9.17) is 4.74 Å². The lowest BCUT2D eigenvalue weighted by atomic mass is 9.80. The SMILES string of the molecule is CCCN(CCCc1ccc(F)cc1)C[C@@H]1C[C@H](NC(=O)C(C)(C)C)CC[C@H]1NC(=O)OCc1ccccc1. The van der Waals surface area contributed by atoms with E-state index in [1.54, 1.807) is 0 Å². The van der Waals surface area contributed by atoms with Gasteiger partial charge < -0.3 is 20.3 Å². The van der Waals surface area contributed by atoms with Gasteiger partial charge in [0.1, 0.15) is 12.4 Å². The second-order valence-corrected chi connectivity index (χ2v) is 11.8. The number of aryl methyl sites for hydroxylation is 1. The van der Waals surface area contributed by atoms with Crippen molar-refractivity contribution < 1.29 is 18.7 Å². The lowest BCUT2D eigenvalue weighted by molar-refractivity contribution is -0.129. The number of ether oxygens (including phenoxy) is 1. The van der Waals surface area contributed by atoms with Gasteiger partial charge in [0.2, 0.25) is 5.91 Å². The maximum absolute atomic E-state index is 13.3. The third-order valence-electron chi connectivity index (χ3n) is 7.40. The van der Waals surface area contributed by atoms with Gasteiger partial charge in [-0.2, -0.15) is 0 Å². The van der Waals surface area contributed by atoms with Gasteiger partial charge in [-0.15, -0.1) is 0 Å². The van der Waals surface area contributed by atoms with Crippen LogP contribution in [0.1, 0.15) is 70.9 Å². The van der Waals surface area contributed by atoms with Crippen LogP contribution in [0.2, 0.25) is 0 Å². The second kappa shape index (κ2) is 15.0. The molecule has 2 aromatic rings. The molecule has 0 spiro atoms. The fourth-order valence-corrected chi connectivity index (χ4v) is 5.21. The van der Waals surface area contributed by atoms with Gasteiger partial charge in [-0.1, -0.05) is 70.2 Å². The number of benzene rings is 2. The number of halogens is 1. The minimum atomic E-state index is -0.444. The number of nitrogens with zero attached hydrogens (tertiary/aromatic N) is 1. The van der Waals surface area contributed by atoms with Crippen molar-refractivity contribution >= 4 is 12.0 Å². The molecule has 1 fully saturated rings. The Hall–Kier alpha value is -2.93. The molecule has 1 aliphatic carbocycles. The first-order valence-corrected chi connectivity index (χ1v) is 14.4. The van der Waals surface area contributed by atoms with Crippen LogP contribution in [0.4, 0.5) is 9.18 Å². The molecule has 39 heavy (non-hydrogen) atoms. The standard InChI is InChI=1S/C32H46FN3O3/c1-5-19-36(20-9-12-24-13-15-27(33)16-14-24)22-26-21-28(34-30(37)32(2,3)4)17-18-29(26)35-31(38)39-23-25-10-7-6-8-11-25/h6-8,10-11,13-16,26,28-29H,5,9,12,17-23H2,1-4H3,(H,34,37)(H,35,38)/t26-,28+,29+/m0/s1. The van der Waals surface area contributed by atoms with Crippen molar-refractivity contribution in [2.45, 2.75) is 84.9 Å². The Morgan fingerprint density at radius 2 is 1.69 bits per heavy atom. The first-order valence-electron chi connectivity index (χ1n) is 14.4. The fourth-order valence-electron chi connectivity index (χ4n) is 5.21. The van der Waals surface area contributed by atoms with Gasteiger partial charge in [0.15, 0.2) is 0 Å². The number of alkyl carbamates (subject to hydrolysis) is 1. The molecule has 0 radical (unpaired) electrons. The molecule has 0 unspecified atom stereocenters. The molecular weight excluding hydrogens is 493 g/mol. The Bertz CT molecular complexity index is 1020. The largest absolute Gasteiger partial charge is 0.445 e. The molecule has 2 amide bonds. The summed E-state index contributed by atoms with van der Waals surface area (Å²) in [5, 5.41) is 6.39. The fraction of sp³-hybridized carbons (Fsp3) is 0.562. The van der Waals surface area contributed by atoms with Gasteiger partial charge >= 0.3 is 6.09 Å². The van der Waals surface area contributed by atoms with Crippen LogP contribution in [0.5, 0.6) is 0 Å². The van der Waals surface area contributed by atoms with Crippen LogP contribution < -0.4 is 10.6 Å². The van der Waals surface area contributed by atoms with Crippen molar-refractivity contribution in [1.82, 2.24) is 15.5 Å². The Kier molecular flexibility index (Phi) is 11.8. The van der Waals surface area contributed by atoms with Crippen LogP contribution >= 0.6 is 0 Å². The molecule has 2 aromatic carbocycles. The summed E-state index contributed by atoms with van der Waals surface area (Å²) in [6.45, 7) is 10.9. The third-order valence-corrected chi connectivity index (χ3v) is 7.40. The topological polar surface area (TPSA) is 70.7 Å². The van der Waals surface area contributed by atoms with Gasteiger partial charge in [-0.25, -0.2) is 9.18 Å². The number of rotatable bonds is 12. The zero-order valence-electron chi connectivity index (χ0n) is 24.0. The Morgan fingerprint density at radius 1 is 0.974 bits per heavy atom. The lowest BCUT2D eigenvalue weighted by Gasteiger charge is -2.40. The first-order chi connectivity index (χ1) is 18.6. The highest BCUT2D eigenvalue weighted by Gasteiger charge is 2.35. The molecule has 1 saturated carbocycles. The third kappa shape index (κ3) is 10.6. The van der Waals surface area contributed by atoms with E-state index in [9.17, 15) is 14.0 Å². The molecule has 214 valence electrons. The summed E-state index contributed by atoms with van der Waals surface area (Å²) in [6, 6.07) is 16.5. The minimum absolute atomic E-state index is 0.0208. The van der Waals surface area contributed by atoms with Gasteiger partial charge in [0.25, 0.3) is 0 Å². The highest BCUT2D eigenvalue weighted by Crippen LogP contribution is 2.28. The number of carbonyl (C=O) groups is 2. The minimum Gasteiger partial charge on any atom is -0.445 e. The van der Waals surface area contributed by atoms with E-state index in [1.165, 1.54) is 12.1 Å². The molecule has 0 heterocycles. The summed E-state index contributed by atoms with van der Waals surface area (Å²) in [4.78, 5) is 27.9. The molecule has 1 aliphatic rings. The zero-order chi connectivity index (χ0) is 28.3. The molecule has 0 aliphatic heterocycles. The summed E-state index contributed by atoms with van der Waals surface area (Å²) < 4.78 is 18.8. The van der Waals surface area contributed by atoms with Crippen molar-refractivity contribution in [3.63, 3.8) is 0 Å². The number of nitrogens with one attached hydrogen (secondary N) is 2. The summed E-state index contributed by atoms with van der Waals surface area (Å²) in [6.07, 6.45) is 4.91. The van der Waals surface area contributed by atoms with Crippen LogP contribution in [-0.4, -0.2) is 48.6 Å². The van der Waals surface area contributed by atoms with E-state index in [0.29, 0.717) is 0 Å². The smallest absolute Gasteiger partial charge is 0.407 e. The Morgan fingerprint density at radius 3 is 2.36 bits per heavy atom. The normalized spacial score (nSPS) is 19.5. The number of carbonyl (C=O) groups excluding carboxylic acids is 2. The van der Waals surface area contributed by atoms with Crippen molar-refractivity contribution in [2.24, 2.45) is 11.3 Å². The highest BCUT2D eigenvalue weighted by atomic mass is 19.1. The molecule has 0 bridgehead atoms. The molecule has 7 heteroatoms. The molecule has 3 atom stereocenters. The van der Waals surface area contributed by atoms with Crippen molar-refractivity contribution in [3.05, 3.63) is 71.5 Å². The monoisotopic (exact) mass is 539 g/mol. The number of amides is 2. The van der Waals surface area contributed by atoms with Crippen LogP contribution in [0.15, 0.2) is 54.6 Å². The average molecular weight is 540 g/mol. The van der Waals surface area contributed by atoms with Gasteiger partial charge in [0.05, 0.1) is 0 Å². The Labute approximate surface area is 233 Å². The predicted molar refractivity (Wildman–Crippen MR) is 154 cm³/mol. The number of hydrogen-bond donors (Lipinski definition) is 2. The second-order valence-electron chi connectivity index (χ2n) is 11.8. The highest BCUT2D eigenvalue weighted by molar-refractivity contribution is 5.81. The predicted octanol–water partition coefficient (Wildman–Crippen LogP) is 6.10. The van der Waals surface area contributed by atoms with E-state index in [1.807, 2.05) is 63.2 Å². The molecule has 0 aromatic heterocycles. The van der Waals surface area contributed by atoms with Crippen LogP contribution in [0.3, 0.4) is 0 Å². The summed E-state index contributed by atoms with van der Waals surface area (Å²) in [5.74, 6) is 0.0351. The van der Waals surface area contributed by atoms with Crippen LogP contribution in [0.25, 0.3) is 0 Å². The maximum atomic E-state index is 13.3. The summed E-state index contributed by atoms with van der Waals surface area (Å²) >= 11 is 0. The Balaban J connectivity index is 1.62. The zero-order valence-corrected chi connectivity index (χ0v) is 24.0. The maximum Gasteiger partial charge on any atom is 0.407 e. The van der Waals surface area contributed by atoms with Gasteiger partial charge in [-0.3, -0.25) is 4.79 Å². The summed E-state index contributed by atoms with van der Waals surface area (Å²) in [5.41, 5.74) is 1.64. The van der Waals surface area contributed by atoms with E-state index < -0.39 is 11.5 Å². The van der Waals surface area contributed by atoms with Crippen molar-refractivity contribution in [3.8, 4) is 0 Å². The first kappa shape index (κ1) is 30.6. The van der Waals surface area contributed by atoms with E-state index in [2.05, 4.69) is 22.5 Å². The van der Waals surface area contributed by atoms with Gasteiger partial charge in [-0.05, 0) is 80.8 Å². The van der Waals surface area contributed by atoms with E-state index in [0.717, 1.165) is 69.3 Å². The lowest BCUT2D eigenvalue weighted by Crippen LogP contribution is -2.53. The van der Waals surface area contributed by atoms with Crippen molar-refractivity contribution in [2.75, 3.05) is 19.6 Å². The molecule has 2 N–H and O–H groups in total. The van der Waals surface area contributed by atoms with Crippen LogP contribution in [0, 0.1) is 17.2 Å². The number of hydrogen-bond acceptors (Lipinski definition) is 4. The summed E-state index contributed by atoms with van der Waals surface area (Å²) in [7, 11) is 0. The van der Waals surface area contributed by atoms with E-state index in [-0.39, 0.29) is 36.3 Å². The molecule has 6 nitrogen and oxygen atoms in total. The van der Waals surface area contributed by atoms with E-state index >= 15 is 0 Å². The molecular formula is C32H46FN3O3. The van der Waals surface area contributed by atoms with Gasteiger partial charge in [0, 0.05) is 24.0 Å². The molecule has 3 rings (SSSR count). The van der Waals surface area contributed by atoms with Crippen LogP contribution in [-0.2, 0) is 22.6 Å². The van der Waals surface area contributed by atoms with Crippen molar-refractivity contribution in [1.29, 1.82) is 0 Å². The molecule has 0 saturated heterocycles. The average Bonchev–Trinajstić information content (AvgIpc) is 2.90.